The summed E-state index contributed by atoms with van der Waals surface area (Å²) in [5.41, 5.74) is 1.34. The van der Waals surface area contributed by atoms with Crippen molar-refractivity contribution in [1.29, 1.82) is 0 Å². The molecule has 0 aliphatic carbocycles. The monoisotopic (exact) mass is 297 g/mol. The van der Waals surface area contributed by atoms with Crippen LogP contribution in [0.1, 0.15) is 52.1 Å². The fourth-order valence-electron chi connectivity index (χ4n) is 2.01. The third-order valence-electron chi connectivity index (χ3n) is 3.08. The Labute approximate surface area is 114 Å². The molecule has 2 heteroatoms. The van der Waals surface area contributed by atoms with E-state index in [1.807, 2.05) is 0 Å². The van der Waals surface area contributed by atoms with Crippen molar-refractivity contribution in [2.24, 2.45) is 5.92 Å². The minimum Gasteiger partial charge on any atom is -0.308 e. The SMILES string of the molecule is CC(C)CCC(C)NC(C)c1ccccc1Br. The van der Waals surface area contributed by atoms with Crippen molar-refractivity contribution < 1.29 is 0 Å². The highest BCUT2D eigenvalue weighted by atomic mass is 79.9. The van der Waals surface area contributed by atoms with Gasteiger partial charge in [0.2, 0.25) is 0 Å². The van der Waals surface area contributed by atoms with Gasteiger partial charge in [0.15, 0.2) is 0 Å². The molecular weight excluding hydrogens is 274 g/mol. The number of halogens is 1. The lowest BCUT2D eigenvalue weighted by Gasteiger charge is -2.22. The molecule has 0 amide bonds. The van der Waals surface area contributed by atoms with E-state index in [1.54, 1.807) is 0 Å². The number of nitrogens with one attached hydrogen (secondary N) is 1. The summed E-state index contributed by atoms with van der Waals surface area (Å²) in [5.74, 6) is 0.790. The molecule has 0 aromatic heterocycles. The average Bonchev–Trinajstić information content (AvgIpc) is 2.26. The Balaban J connectivity index is 2.49. The van der Waals surface area contributed by atoms with Gasteiger partial charge in [-0.25, -0.2) is 0 Å². The van der Waals surface area contributed by atoms with E-state index in [2.05, 4.69) is 73.2 Å². The van der Waals surface area contributed by atoms with Gasteiger partial charge in [0.05, 0.1) is 0 Å². The van der Waals surface area contributed by atoms with Crippen LogP contribution in [0.2, 0.25) is 0 Å². The van der Waals surface area contributed by atoms with Crippen LogP contribution >= 0.6 is 15.9 Å². The van der Waals surface area contributed by atoms with Crippen LogP contribution in [-0.2, 0) is 0 Å². The van der Waals surface area contributed by atoms with Gasteiger partial charge in [0.25, 0.3) is 0 Å². The highest BCUT2D eigenvalue weighted by Gasteiger charge is 2.11. The molecule has 0 aliphatic heterocycles. The van der Waals surface area contributed by atoms with Crippen molar-refractivity contribution >= 4 is 15.9 Å². The van der Waals surface area contributed by atoms with E-state index in [9.17, 15) is 0 Å². The summed E-state index contributed by atoms with van der Waals surface area (Å²) in [5, 5.41) is 3.66. The Kier molecular flexibility index (Phi) is 6.21. The molecular formula is C15H24BrN. The Morgan fingerprint density at radius 3 is 2.29 bits per heavy atom. The lowest BCUT2D eigenvalue weighted by atomic mass is 10.0. The normalized spacial score (nSPS) is 14.9. The molecule has 17 heavy (non-hydrogen) atoms. The van der Waals surface area contributed by atoms with Gasteiger partial charge in [-0.3, -0.25) is 0 Å². The molecule has 1 aromatic rings. The van der Waals surface area contributed by atoms with Gasteiger partial charge in [0.1, 0.15) is 0 Å². The fourth-order valence-corrected chi connectivity index (χ4v) is 2.64. The van der Waals surface area contributed by atoms with Crippen molar-refractivity contribution in [2.45, 2.75) is 52.6 Å². The van der Waals surface area contributed by atoms with Gasteiger partial charge in [-0.05, 0) is 44.2 Å². The van der Waals surface area contributed by atoms with E-state index >= 15 is 0 Å². The first-order chi connectivity index (χ1) is 8.00. The smallest absolute Gasteiger partial charge is 0.0305 e. The van der Waals surface area contributed by atoms with E-state index in [4.69, 9.17) is 0 Å². The molecule has 0 radical (unpaired) electrons. The minimum atomic E-state index is 0.396. The van der Waals surface area contributed by atoms with Gasteiger partial charge in [-0.2, -0.15) is 0 Å². The molecule has 1 rings (SSSR count). The number of benzene rings is 1. The van der Waals surface area contributed by atoms with E-state index in [0.29, 0.717) is 12.1 Å². The average molecular weight is 298 g/mol. The molecule has 0 aliphatic rings. The Morgan fingerprint density at radius 2 is 1.71 bits per heavy atom. The maximum absolute atomic E-state index is 3.66. The van der Waals surface area contributed by atoms with Crippen molar-refractivity contribution in [3.63, 3.8) is 0 Å². The second-order valence-corrected chi connectivity index (χ2v) is 6.14. The topological polar surface area (TPSA) is 12.0 Å². The molecule has 0 heterocycles. The van der Waals surface area contributed by atoms with Crippen LogP contribution in [-0.4, -0.2) is 6.04 Å². The Bertz CT molecular complexity index is 335. The summed E-state index contributed by atoms with van der Waals surface area (Å²) < 4.78 is 1.19. The molecule has 1 N–H and O–H groups in total. The zero-order valence-electron chi connectivity index (χ0n) is 11.3. The van der Waals surface area contributed by atoms with Crippen molar-refractivity contribution in [1.82, 2.24) is 5.32 Å². The number of hydrogen-bond acceptors (Lipinski definition) is 1. The standard InChI is InChI=1S/C15H24BrN/c1-11(2)9-10-12(3)17-13(4)14-7-5-6-8-15(14)16/h5-8,11-13,17H,9-10H2,1-4H3. The second-order valence-electron chi connectivity index (χ2n) is 5.28. The van der Waals surface area contributed by atoms with Crippen molar-refractivity contribution in [3.8, 4) is 0 Å². The summed E-state index contributed by atoms with van der Waals surface area (Å²) in [7, 11) is 0. The molecule has 0 saturated carbocycles. The molecule has 0 saturated heterocycles. The van der Waals surface area contributed by atoms with Crippen LogP contribution in [0.25, 0.3) is 0 Å². The number of rotatable bonds is 6. The zero-order chi connectivity index (χ0) is 12.8. The lowest BCUT2D eigenvalue weighted by molar-refractivity contribution is 0.416. The van der Waals surface area contributed by atoms with Crippen molar-refractivity contribution in [3.05, 3.63) is 34.3 Å². The molecule has 1 aromatic carbocycles. The maximum atomic E-state index is 3.66. The maximum Gasteiger partial charge on any atom is 0.0305 e. The van der Waals surface area contributed by atoms with Gasteiger partial charge < -0.3 is 5.32 Å². The molecule has 0 spiro atoms. The quantitative estimate of drug-likeness (QED) is 0.785. The van der Waals surface area contributed by atoms with Gasteiger partial charge in [0, 0.05) is 16.6 Å². The largest absolute Gasteiger partial charge is 0.308 e. The lowest BCUT2D eigenvalue weighted by Crippen LogP contribution is -2.29. The van der Waals surface area contributed by atoms with Crippen LogP contribution in [0.3, 0.4) is 0 Å². The van der Waals surface area contributed by atoms with E-state index in [1.165, 1.54) is 22.9 Å². The highest BCUT2D eigenvalue weighted by Crippen LogP contribution is 2.23. The molecule has 0 bridgehead atoms. The van der Waals surface area contributed by atoms with Crippen LogP contribution in [0, 0.1) is 5.92 Å². The van der Waals surface area contributed by atoms with Gasteiger partial charge in [-0.15, -0.1) is 0 Å². The minimum absolute atomic E-state index is 0.396. The third-order valence-corrected chi connectivity index (χ3v) is 3.81. The van der Waals surface area contributed by atoms with E-state index in [-0.39, 0.29) is 0 Å². The first kappa shape index (κ1) is 14.7. The molecule has 96 valence electrons. The van der Waals surface area contributed by atoms with Gasteiger partial charge in [-0.1, -0.05) is 48.0 Å². The van der Waals surface area contributed by atoms with E-state index < -0.39 is 0 Å². The summed E-state index contributed by atoms with van der Waals surface area (Å²) in [4.78, 5) is 0. The third kappa shape index (κ3) is 5.22. The summed E-state index contributed by atoms with van der Waals surface area (Å²) in [6, 6.07) is 9.40. The van der Waals surface area contributed by atoms with Crippen LogP contribution < -0.4 is 5.32 Å². The predicted octanol–water partition coefficient (Wildman–Crippen LogP) is 4.92. The van der Waals surface area contributed by atoms with Crippen molar-refractivity contribution in [2.75, 3.05) is 0 Å². The fraction of sp³-hybridized carbons (Fsp3) is 0.600. The first-order valence-electron chi connectivity index (χ1n) is 6.51. The Hall–Kier alpha value is -0.340. The van der Waals surface area contributed by atoms with Crippen LogP contribution in [0.5, 0.6) is 0 Å². The Morgan fingerprint density at radius 1 is 1.06 bits per heavy atom. The zero-order valence-corrected chi connectivity index (χ0v) is 12.9. The number of hydrogen-bond donors (Lipinski definition) is 1. The van der Waals surface area contributed by atoms with Gasteiger partial charge >= 0.3 is 0 Å². The summed E-state index contributed by atoms with van der Waals surface area (Å²) >= 11 is 3.61. The summed E-state index contributed by atoms with van der Waals surface area (Å²) in [6.07, 6.45) is 2.53. The first-order valence-corrected chi connectivity index (χ1v) is 7.30. The molecule has 2 unspecified atom stereocenters. The predicted molar refractivity (Wildman–Crippen MR) is 79.2 cm³/mol. The molecule has 1 nitrogen and oxygen atoms in total. The van der Waals surface area contributed by atoms with Crippen LogP contribution in [0.15, 0.2) is 28.7 Å². The van der Waals surface area contributed by atoms with Crippen LogP contribution in [0.4, 0.5) is 0 Å². The summed E-state index contributed by atoms with van der Waals surface area (Å²) in [6.45, 7) is 9.07. The molecule has 2 atom stereocenters. The highest BCUT2D eigenvalue weighted by molar-refractivity contribution is 9.10. The van der Waals surface area contributed by atoms with E-state index in [0.717, 1.165) is 5.92 Å². The molecule has 0 fully saturated rings. The second kappa shape index (κ2) is 7.17.